The lowest BCUT2D eigenvalue weighted by molar-refractivity contribution is -0.122. The van der Waals surface area contributed by atoms with Crippen LogP contribution in [0.25, 0.3) is 0 Å². The van der Waals surface area contributed by atoms with E-state index in [0.717, 1.165) is 19.1 Å². The van der Waals surface area contributed by atoms with E-state index in [1.807, 2.05) is 6.92 Å². The number of carbonyl (C=O) groups excluding carboxylic acids is 1. The second kappa shape index (κ2) is 6.59. The Balaban J connectivity index is 4.12. The molecule has 0 saturated heterocycles. The van der Waals surface area contributed by atoms with Gasteiger partial charge in [0.15, 0.2) is 9.84 Å². The van der Waals surface area contributed by atoms with Crippen LogP contribution in [0.2, 0.25) is 0 Å². The van der Waals surface area contributed by atoms with E-state index in [1.54, 1.807) is 0 Å². The molecule has 0 rings (SSSR count). The van der Waals surface area contributed by atoms with Crippen molar-refractivity contribution in [2.24, 2.45) is 5.92 Å². The van der Waals surface area contributed by atoms with Gasteiger partial charge in [0.25, 0.3) is 0 Å². The van der Waals surface area contributed by atoms with Crippen LogP contribution in [0.4, 0.5) is 0 Å². The van der Waals surface area contributed by atoms with Crippen LogP contribution in [0.15, 0.2) is 0 Å². The summed E-state index contributed by atoms with van der Waals surface area (Å²) in [7, 11) is -3.39. The lowest BCUT2D eigenvalue weighted by Gasteiger charge is -2.21. The molecule has 0 radical (unpaired) electrons. The van der Waals surface area contributed by atoms with Crippen molar-refractivity contribution in [1.82, 2.24) is 5.32 Å². The molecule has 0 saturated carbocycles. The SMILES string of the molecule is CC(CCl)CCCNC(=O)C(C)(C)S(C)(=O)=O. The van der Waals surface area contributed by atoms with E-state index in [1.165, 1.54) is 13.8 Å². The summed E-state index contributed by atoms with van der Waals surface area (Å²) < 4.78 is 21.4. The number of alkyl halides is 1. The maximum absolute atomic E-state index is 11.7. The first-order valence-corrected chi connectivity index (χ1v) is 8.09. The van der Waals surface area contributed by atoms with Crippen LogP contribution in [-0.2, 0) is 14.6 Å². The first-order valence-electron chi connectivity index (χ1n) is 5.66. The normalized spacial score (nSPS) is 14.4. The quantitative estimate of drug-likeness (QED) is 0.570. The van der Waals surface area contributed by atoms with E-state index < -0.39 is 20.5 Å². The largest absolute Gasteiger partial charge is 0.355 e. The average molecular weight is 284 g/mol. The van der Waals surface area contributed by atoms with Gasteiger partial charge in [0.1, 0.15) is 4.75 Å². The Morgan fingerprint density at radius 1 is 1.41 bits per heavy atom. The van der Waals surface area contributed by atoms with Crippen molar-refractivity contribution in [3.8, 4) is 0 Å². The first kappa shape index (κ1) is 16.7. The van der Waals surface area contributed by atoms with Crippen LogP contribution in [0, 0.1) is 5.92 Å². The van der Waals surface area contributed by atoms with Gasteiger partial charge in [-0.2, -0.15) is 0 Å². The van der Waals surface area contributed by atoms with Gasteiger partial charge >= 0.3 is 0 Å². The molecule has 0 fully saturated rings. The molecular formula is C11H22ClNO3S. The Labute approximate surface area is 109 Å². The molecule has 0 aliphatic rings. The van der Waals surface area contributed by atoms with Gasteiger partial charge in [0.2, 0.25) is 5.91 Å². The van der Waals surface area contributed by atoms with Crippen molar-refractivity contribution in [2.45, 2.75) is 38.4 Å². The van der Waals surface area contributed by atoms with Crippen LogP contribution >= 0.6 is 11.6 Å². The predicted molar refractivity (Wildman–Crippen MR) is 71.1 cm³/mol. The van der Waals surface area contributed by atoms with Gasteiger partial charge in [-0.1, -0.05) is 6.92 Å². The van der Waals surface area contributed by atoms with Crippen LogP contribution < -0.4 is 5.32 Å². The Morgan fingerprint density at radius 2 is 1.94 bits per heavy atom. The second-order valence-electron chi connectivity index (χ2n) is 4.94. The number of hydrogen-bond donors (Lipinski definition) is 1. The van der Waals surface area contributed by atoms with Gasteiger partial charge < -0.3 is 5.32 Å². The van der Waals surface area contributed by atoms with Gasteiger partial charge in [-0.3, -0.25) is 4.79 Å². The Kier molecular flexibility index (Phi) is 6.48. The number of hydrogen-bond acceptors (Lipinski definition) is 3. The van der Waals surface area contributed by atoms with E-state index in [9.17, 15) is 13.2 Å². The zero-order chi connectivity index (χ0) is 13.7. The molecule has 1 unspecified atom stereocenters. The van der Waals surface area contributed by atoms with Crippen molar-refractivity contribution in [2.75, 3.05) is 18.7 Å². The Morgan fingerprint density at radius 3 is 2.35 bits per heavy atom. The maximum Gasteiger partial charge on any atom is 0.240 e. The summed E-state index contributed by atoms with van der Waals surface area (Å²) in [4.78, 5) is 11.7. The number of halogens is 1. The highest BCUT2D eigenvalue weighted by atomic mass is 35.5. The van der Waals surface area contributed by atoms with Gasteiger partial charge in [-0.05, 0) is 32.6 Å². The van der Waals surface area contributed by atoms with Crippen LogP contribution in [0.5, 0.6) is 0 Å². The highest BCUT2D eigenvalue weighted by Crippen LogP contribution is 2.15. The number of carbonyl (C=O) groups is 1. The van der Waals surface area contributed by atoms with Crippen LogP contribution in [0.3, 0.4) is 0 Å². The van der Waals surface area contributed by atoms with Crippen molar-refractivity contribution < 1.29 is 13.2 Å². The molecule has 0 bridgehead atoms. The van der Waals surface area contributed by atoms with Crippen molar-refractivity contribution in [1.29, 1.82) is 0 Å². The summed E-state index contributed by atoms with van der Waals surface area (Å²) in [6.07, 6.45) is 2.80. The number of rotatable bonds is 7. The third-order valence-electron chi connectivity index (χ3n) is 2.90. The topological polar surface area (TPSA) is 63.2 Å². The molecular weight excluding hydrogens is 262 g/mol. The molecule has 0 aromatic rings. The van der Waals surface area contributed by atoms with E-state index in [2.05, 4.69) is 5.32 Å². The molecule has 0 aromatic heterocycles. The standard InChI is InChI=1S/C11H22ClNO3S/c1-9(8-12)6-5-7-13-10(14)11(2,3)17(4,15)16/h9H,5-8H2,1-4H3,(H,13,14). The second-order valence-corrected chi connectivity index (χ2v) is 7.81. The fourth-order valence-corrected chi connectivity index (χ4v) is 1.67. The third-order valence-corrected chi connectivity index (χ3v) is 5.46. The molecule has 1 N–H and O–H groups in total. The van der Waals surface area contributed by atoms with E-state index in [0.29, 0.717) is 18.3 Å². The highest BCUT2D eigenvalue weighted by molar-refractivity contribution is 7.92. The molecule has 102 valence electrons. The van der Waals surface area contributed by atoms with E-state index >= 15 is 0 Å². The Bertz CT molecular complexity index is 352. The van der Waals surface area contributed by atoms with Gasteiger partial charge in [-0.15, -0.1) is 11.6 Å². The fraction of sp³-hybridized carbons (Fsp3) is 0.909. The summed E-state index contributed by atoms with van der Waals surface area (Å²) in [6.45, 7) is 5.35. The molecule has 4 nitrogen and oxygen atoms in total. The monoisotopic (exact) mass is 283 g/mol. The van der Waals surface area contributed by atoms with Crippen LogP contribution in [0.1, 0.15) is 33.6 Å². The molecule has 0 spiro atoms. The minimum absolute atomic E-state index is 0.413. The average Bonchev–Trinajstić information content (AvgIpc) is 2.21. The fourth-order valence-electron chi connectivity index (χ4n) is 1.11. The lowest BCUT2D eigenvalue weighted by Crippen LogP contribution is -2.47. The van der Waals surface area contributed by atoms with E-state index in [-0.39, 0.29) is 0 Å². The summed E-state index contributed by atoms with van der Waals surface area (Å²) >= 11 is 5.66. The predicted octanol–water partition coefficient (Wildman–Crippen LogP) is 1.58. The number of amides is 1. The highest BCUT2D eigenvalue weighted by Gasteiger charge is 2.37. The number of sulfone groups is 1. The van der Waals surface area contributed by atoms with Crippen molar-refractivity contribution >= 4 is 27.3 Å². The molecule has 0 aliphatic carbocycles. The smallest absolute Gasteiger partial charge is 0.240 e. The molecule has 1 amide bonds. The first-order chi connectivity index (χ1) is 7.63. The van der Waals surface area contributed by atoms with Crippen LogP contribution in [-0.4, -0.2) is 37.8 Å². The van der Waals surface area contributed by atoms with Gasteiger partial charge in [0, 0.05) is 18.7 Å². The number of nitrogens with one attached hydrogen (secondary N) is 1. The lowest BCUT2D eigenvalue weighted by atomic mass is 10.1. The summed E-state index contributed by atoms with van der Waals surface area (Å²) in [5.41, 5.74) is 0. The summed E-state index contributed by atoms with van der Waals surface area (Å²) in [5, 5.41) is 2.65. The van der Waals surface area contributed by atoms with Gasteiger partial charge in [-0.25, -0.2) is 8.42 Å². The minimum atomic E-state index is -3.39. The minimum Gasteiger partial charge on any atom is -0.355 e. The van der Waals surface area contributed by atoms with Crippen molar-refractivity contribution in [3.05, 3.63) is 0 Å². The molecule has 0 aliphatic heterocycles. The molecule has 1 atom stereocenters. The zero-order valence-electron chi connectivity index (χ0n) is 10.9. The van der Waals surface area contributed by atoms with Crippen molar-refractivity contribution in [3.63, 3.8) is 0 Å². The third kappa shape index (κ3) is 5.25. The molecule has 0 aromatic carbocycles. The van der Waals surface area contributed by atoms with Gasteiger partial charge in [0.05, 0.1) is 0 Å². The summed E-state index contributed by atoms with van der Waals surface area (Å²) in [5.74, 6) is 0.568. The molecule has 6 heteroatoms. The molecule has 0 heterocycles. The maximum atomic E-state index is 11.7. The Hall–Kier alpha value is -0.290. The zero-order valence-corrected chi connectivity index (χ0v) is 12.5. The molecule has 17 heavy (non-hydrogen) atoms. The summed E-state index contributed by atoms with van der Waals surface area (Å²) in [6, 6.07) is 0. The van der Waals surface area contributed by atoms with E-state index in [4.69, 9.17) is 11.6 Å².